The van der Waals surface area contributed by atoms with Crippen LogP contribution in [0.3, 0.4) is 0 Å². The number of hydrogen-bond donors (Lipinski definition) is 0. The molecule has 1 fully saturated rings. The third-order valence-corrected chi connectivity index (χ3v) is 19.8. The van der Waals surface area contributed by atoms with Gasteiger partial charge >= 0.3 is 43.2 Å². The Morgan fingerprint density at radius 2 is 0.404 bits per heavy atom. The second kappa shape index (κ2) is 36.3. The molecule has 8 aromatic rings. The van der Waals surface area contributed by atoms with Crippen LogP contribution in [0.4, 0.5) is 0 Å². The summed E-state index contributed by atoms with van der Waals surface area (Å²) >= 11 is 0. The highest BCUT2D eigenvalue weighted by molar-refractivity contribution is 7.49. The van der Waals surface area contributed by atoms with E-state index in [1.807, 2.05) is 0 Å². The van der Waals surface area contributed by atoms with E-state index >= 15 is 18.3 Å². The van der Waals surface area contributed by atoms with Gasteiger partial charge in [-0.05, 0) is 57.3 Å². The Morgan fingerprint density at radius 1 is 0.255 bits per heavy atom. The van der Waals surface area contributed by atoms with Crippen molar-refractivity contribution in [2.45, 2.75) is 129 Å². The number of carbonyl (C=O) groups is 2. The molecule has 9 rings (SSSR count). The second-order valence-corrected chi connectivity index (χ2v) is 28.0. The first-order valence-electron chi connectivity index (χ1n) is 30.7. The van der Waals surface area contributed by atoms with Gasteiger partial charge in [-0.2, -0.15) is 0 Å². The number of ether oxygens (including phenoxy) is 2. The summed E-state index contributed by atoms with van der Waals surface area (Å²) in [5, 5.41) is 0. The van der Waals surface area contributed by atoms with Crippen LogP contribution >= 0.6 is 31.3 Å². The van der Waals surface area contributed by atoms with Crippen LogP contribution in [-0.2, 0) is 144 Å². The van der Waals surface area contributed by atoms with Gasteiger partial charge in [-0.25, -0.2) is 18.3 Å². The molecule has 0 spiro atoms. The maximum atomic E-state index is 16.4. The van der Waals surface area contributed by atoms with Crippen LogP contribution in [0.5, 0.6) is 0 Å². The molecular weight excluding hydrogens is 1280 g/mol. The van der Waals surface area contributed by atoms with Crippen molar-refractivity contribution in [1.82, 2.24) is 0 Å². The van der Waals surface area contributed by atoms with E-state index in [4.69, 9.17) is 63.8 Å². The molecule has 6 atom stereocenters. The summed E-state index contributed by atoms with van der Waals surface area (Å²) in [5.74, 6) is -1.90. The van der Waals surface area contributed by atoms with Crippen LogP contribution in [0.1, 0.15) is 84.0 Å². The first kappa shape index (κ1) is 71.4. The topological polar surface area (TPSA) is 232 Å². The molecular formula is C70H76O20P4. The fraction of sp³-hybridized carbons (Fsp3) is 0.286. The van der Waals surface area contributed by atoms with E-state index < -0.39 is 133 Å². The molecule has 0 unspecified atom stereocenters. The smallest absolute Gasteiger partial charge is 0.455 e. The molecule has 8 aromatic carbocycles. The average molecular weight is 1360 g/mol. The molecule has 0 amide bonds. The van der Waals surface area contributed by atoms with Crippen LogP contribution in [0, 0.1) is 0 Å². The lowest BCUT2D eigenvalue weighted by Crippen LogP contribution is -2.67. The predicted molar refractivity (Wildman–Crippen MR) is 349 cm³/mol. The maximum Gasteiger partial charge on any atom is 0.475 e. The number of phosphoric ester groups is 4. The predicted octanol–water partition coefficient (Wildman–Crippen LogP) is 17.1. The Balaban J connectivity index is 1.31. The monoisotopic (exact) mass is 1360 g/mol. The van der Waals surface area contributed by atoms with Crippen molar-refractivity contribution in [3.63, 3.8) is 0 Å². The normalized spacial score (nSPS) is 17.7. The molecule has 0 radical (unpaired) electrons. The molecule has 1 aliphatic rings. The largest absolute Gasteiger partial charge is 0.475 e. The molecule has 0 bridgehead atoms. The summed E-state index contributed by atoms with van der Waals surface area (Å²) in [4.78, 5) is 29.2. The highest BCUT2D eigenvalue weighted by atomic mass is 31.2. The van der Waals surface area contributed by atoms with Gasteiger partial charge in [0.25, 0.3) is 0 Å². The minimum atomic E-state index is -5.33. The zero-order valence-electron chi connectivity index (χ0n) is 52.0. The minimum absolute atomic E-state index is 0.203. The second-order valence-electron chi connectivity index (χ2n) is 21.6. The summed E-state index contributed by atoms with van der Waals surface area (Å²) in [6.07, 6.45) is -13.9. The zero-order valence-corrected chi connectivity index (χ0v) is 55.6. The van der Waals surface area contributed by atoms with E-state index in [0.29, 0.717) is 44.5 Å². The Bertz CT molecular complexity index is 3300. The molecule has 0 heterocycles. The van der Waals surface area contributed by atoms with Gasteiger partial charge in [0, 0.05) is 12.8 Å². The minimum Gasteiger partial charge on any atom is -0.455 e. The summed E-state index contributed by atoms with van der Waals surface area (Å²) in [6, 6.07) is 68.9. The van der Waals surface area contributed by atoms with Crippen LogP contribution < -0.4 is 0 Å². The third-order valence-electron chi connectivity index (χ3n) is 14.2. The van der Waals surface area contributed by atoms with Crippen LogP contribution in [0.15, 0.2) is 243 Å². The Kier molecular flexibility index (Phi) is 27.6. The summed E-state index contributed by atoms with van der Waals surface area (Å²) in [5.41, 5.74) is 3.95. The number of carbonyl (C=O) groups excluding carboxylic acids is 2. The molecule has 496 valence electrons. The first-order valence-corrected chi connectivity index (χ1v) is 36.5. The van der Waals surface area contributed by atoms with E-state index in [-0.39, 0.29) is 25.7 Å². The number of rotatable bonds is 38. The van der Waals surface area contributed by atoms with Crippen LogP contribution in [0.25, 0.3) is 0 Å². The Morgan fingerprint density at radius 3 is 0.553 bits per heavy atom. The lowest BCUT2D eigenvalue weighted by molar-refractivity contribution is -0.234. The van der Waals surface area contributed by atoms with Gasteiger partial charge in [-0.15, -0.1) is 0 Å². The molecule has 0 N–H and O–H groups in total. The van der Waals surface area contributed by atoms with Gasteiger partial charge in [0.15, 0.2) is 12.2 Å². The van der Waals surface area contributed by atoms with Crippen molar-refractivity contribution in [2.24, 2.45) is 0 Å². The van der Waals surface area contributed by atoms with E-state index in [9.17, 15) is 9.59 Å². The van der Waals surface area contributed by atoms with Crippen molar-refractivity contribution in [3.05, 3.63) is 287 Å². The molecule has 1 aliphatic carbocycles. The summed E-state index contributed by atoms with van der Waals surface area (Å²) in [7, 11) is -21.2. The summed E-state index contributed by atoms with van der Waals surface area (Å²) in [6.45, 7) is -0.0983. The molecule has 94 heavy (non-hydrogen) atoms. The molecule has 0 aromatic heterocycles. The number of esters is 2. The SMILES string of the molecule is CCCC(=O)O[C@@H]1[C@@H](OC(=O)CCC)[C@H](OP(=O)(OCc2ccccc2)OCc2ccccc2)[C@@H](OP(=O)(OCc2ccccc2)OCc2ccccc2)[C@H](OP(=O)(OCc2ccccc2)OCc2ccccc2)[C@H]1OP(=O)(OCc1ccccc1)OCc1ccccc1. The van der Waals surface area contributed by atoms with E-state index in [0.717, 1.165) is 0 Å². The fourth-order valence-electron chi connectivity index (χ4n) is 9.51. The van der Waals surface area contributed by atoms with Crippen molar-refractivity contribution in [2.75, 3.05) is 0 Å². The van der Waals surface area contributed by atoms with Crippen molar-refractivity contribution >= 4 is 43.2 Å². The van der Waals surface area contributed by atoms with E-state index in [1.54, 1.807) is 257 Å². The van der Waals surface area contributed by atoms with Crippen LogP contribution in [0.2, 0.25) is 0 Å². The number of hydrogen-bond acceptors (Lipinski definition) is 20. The number of benzene rings is 8. The van der Waals surface area contributed by atoms with Gasteiger partial charge in [0.1, 0.15) is 24.4 Å². The third kappa shape index (κ3) is 22.6. The maximum absolute atomic E-state index is 16.4. The van der Waals surface area contributed by atoms with E-state index in [2.05, 4.69) is 0 Å². The Labute approximate surface area is 548 Å². The first-order chi connectivity index (χ1) is 45.7. The summed E-state index contributed by atoms with van der Waals surface area (Å²) < 4.78 is 156. The Hall–Kier alpha value is -6.86. The van der Waals surface area contributed by atoms with Gasteiger partial charge < -0.3 is 9.47 Å². The quantitative estimate of drug-likeness (QED) is 0.0258. The average Bonchev–Trinajstić information content (AvgIpc) is 0.742. The van der Waals surface area contributed by atoms with Gasteiger partial charge in [-0.1, -0.05) is 257 Å². The van der Waals surface area contributed by atoms with Crippen molar-refractivity contribution in [3.8, 4) is 0 Å². The van der Waals surface area contributed by atoms with Gasteiger partial charge in [0.2, 0.25) is 0 Å². The van der Waals surface area contributed by atoms with E-state index in [1.165, 1.54) is 0 Å². The van der Waals surface area contributed by atoms with Crippen molar-refractivity contribution < 1.29 is 91.6 Å². The molecule has 1 saturated carbocycles. The lowest BCUT2D eigenvalue weighted by Gasteiger charge is -2.49. The zero-order chi connectivity index (χ0) is 65.9. The molecule has 0 aliphatic heterocycles. The lowest BCUT2D eigenvalue weighted by atomic mass is 9.84. The van der Waals surface area contributed by atoms with Gasteiger partial charge in [0.05, 0.1) is 52.9 Å². The van der Waals surface area contributed by atoms with Crippen molar-refractivity contribution in [1.29, 1.82) is 0 Å². The molecule has 24 heteroatoms. The highest BCUT2D eigenvalue weighted by Gasteiger charge is 2.64. The van der Waals surface area contributed by atoms with Crippen LogP contribution in [-0.4, -0.2) is 48.6 Å². The fourth-order valence-corrected chi connectivity index (χ4v) is 14.9. The standard InChI is InChI=1S/C70H76O20P4/c1-3-29-63(71)85-65-66(86-64(72)30-4-2)68(88-92(74,79-49-57-35-17-7-18-36-57)80-50-58-37-19-8-20-38-58)70(90-94(76,83-53-61-43-25-11-26-44-61)84-54-62-45-27-12-28-46-62)69(89-93(75,81-51-59-39-21-9-22-40-59)82-52-60-41-23-10-24-42-60)67(65)87-91(73,77-47-55-31-13-5-14-32-55)78-48-56-33-15-6-16-34-56/h5-28,31-46,65-70H,3-4,29-30,47-54H2,1-2H3/t65-,66-,67+,68+,69-,70-/m1/s1. The highest BCUT2D eigenvalue weighted by Crippen LogP contribution is 2.63. The van der Waals surface area contributed by atoms with Gasteiger partial charge in [-0.3, -0.25) is 63.9 Å². The number of phosphoric acid groups is 4. The molecule has 20 nitrogen and oxygen atoms in total. The molecule has 0 saturated heterocycles.